The molecule has 0 radical (unpaired) electrons. The first kappa shape index (κ1) is 22.0. The van der Waals surface area contributed by atoms with Crippen LogP contribution in [0.15, 0.2) is 66.3 Å². The largest absolute Gasteiger partial charge is 0.497 e. The fourth-order valence-electron chi connectivity index (χ4n) is 3.54. The molecule has 0 saturated carbocycles. The first-order chi connectivity index (χ1) is 15.4. The van der Waals surface area contributed by atoms with Gasteiger partial charge in [-0.2, -0.15) is 4.31 Å². The zero-order valence-electron chi connectivity index (χ0n) is 18.2. The number of nitrogens with zero attached hydrogens (tertiary/aromatic N) is 4. The fourth-order valence-corrected chi connectivity index (χ4v) is 4.71. The monoisotopic (exact) mass is 450 g/mol. The smallest absolute Gasteiger partial charge is 0.236 e. The topological polar surface area (TPSA) is 75.6 Å². The summed E-state index contributed by atoms with van der Waals surface area (Å²) in [4.78, 5) is 10.9. The van der Waals surface area contributed by atoms with Crippen molar-refractivity contribution in [3.8, 4) is 17.0 Å². The lowest BCUT2D eigenvalue weighted by molar-refractivity contribution is 0.389. The maximum atomic E-state index is 12.7. The highest BCUT2D eigenvalue weighted by Crippen LogP contribution is 2.24. The molecule has 4 rings (SSSR count). The summed E-state index contributed by atoms with van der Waals surface area (Å²) in [7, 11) is -1.84. The van der Waals surface area contributed by atoms with Crippen molar-refractivity contribution >= 4 is 21.9 Å². The molecule has 1 aliphatic heterocycles. The Balaban J connectivity index is 1.41. The van der Waals surface area contributed by atoms with Crippen LogP contribution in [0.1, 0.15) is 11.1 Å². The summed E-state index contributed by atoms with van der Waals surface area (Å²) >= 11 is 0. The normalized spacial score (nSPS) is 15.2. The Morgan fingerprint density at radius 2 is 1.62 bits per heavy atom. The van der Waals surface area contributed by atoms with E-state index < -0.39 is 10.0 Å². The zero-order valence-corrected chi connectivity index (χ0v) is 19.0. The number of ether oxygens (including phenoxy) is 1. The Bertz CT molecular complexity index is 1180. The number of anilines is 1. The van der Waals surface area contributed by atoms with E-state index in [4.69, 9.17) is 4.74 Å². The molecule has 1 fully saturated rings. The highest BCUT2D eigenvalue weighted by atomic mass is 32.2. The number of aromatic nitrogens is 2. The summed E-state index contributed by atoms with van der Waals surface area (Å²) in [5.74, 6) is 1.58. The number of aryl methyl sites for hydroxylation is 1. The molecular weight excluding hydrogens is 424 g/mol. The molecule has 1 aromatic heterocycles. The third-order valence-electron chi connectivity index (χ3n) is 5.47. The van der Waals surface area contributed by atoms with Crippen LogP contribution in [-0.2, 0) is 10.0 Å². The van der Waals surface area contributed by atoms with Gasteiger partial charge < -0.3 is 9.64 Å². The van der Waals surface area contributed by atoms with Crippen molar-refractivity contribution < 1.29 is 13.2 Å². The molecule has 1 saturated heterocycles. The Labute approximate surface area is 189 Å². The Hall–Kier alpha value is -3.23. The molecule has 2 heterocycles. The van der Waals surface area contributed by atoms with Gasteiger partial charge >= 0.3 is 0 Å². The molecular formula is C24H26N4O3S. The number of methoxy groups -OCH3 is 1. The van der Waals surface area contributed by atoms with Crippen LogP contribution in [-0.4, -0.2) is 56.0 Å². The van der Waals surface area contributed by atoms with E-state index in [1.807, 2.05) is 61.5 Å². The molecule has 7 nitrogen and oxygen atoms in total. The van der Waals surface area contributed by atoms with Gasteiger partial charge in [-0.25, -0.2) is 18.4 Å². The van der Waals surface area contributed by atoms with Gasteiger partial charge in [-0.1, -0.05) is 29.8 Å². The summed E-state index contributed by atoms with van der Waals surface area (Å²) in [5.41, 5.74) is 3.79. The first-order valence-corrected chi connectivity index (χ1v) is 11.9. The molecule has 0 N–H and O–H groups in total. The number of sulfonamides is 1. The van der Waals surface area contributed by atoms with E-state index in [0.29, 0.717) is 26.2 Å². The second-order valence-electron chi connectivity index (χ2n) is 7.63. The molecule has 0 bridgehead atoms. The summed E-state index contributed by atoms with van der Waals surface area (Å²) < 4.78 is 32.2. The predicted molar refractivity (Wildman–Crippen MR) is 127 cm³/mol. The van der Waals surface area contributed by atoms with E-state index in [1.54, 1.807) is 19.5 Å². The van der Waals surface area contributed by atoms with E-state index in [9.17, 15) is 8.42 Å². The number of hydrogen-bond acceptors (Lipinski definition) is 6. The van der Waals surface area contributed by atoms with Crippen LogP contribution in [0.3, 0.4) is 0 Å². The van der Waals surface area contributed by atoms with E-state index in [2.05, 4.69) is 14.9 Å². The molecule has 0 atom stereocenters. The molecule has 0 spiro atoms. The Morgan fingerprint density at radius 1 is 0.938 bits per heavy atom. The fraction of sp³-hybridized carbons (Fsp3) is 0.250. The second-order valence-corrected chi connectivity index (χ2v) is 9.45. The molecule has 0 unspecified atom stereocenters. The highest BCUT2D eigenvalue weighted by Gasteiger charge is 2.25. The quantitative estimate of drug-likeness (QED) is 0.571. The molecule has 8 heteroatoms. The summed E-state index contributed by atoms with van der Waals surface area (Å²) in [6.07, 6.45) is 3.19. The molecule has 1 aliphatic rings. The standard InChI is InChI=1S/C24H26N4O3S/c1-19-3-5-20(6-4-19)11-16-32(29,30)28-14-12-27(13-15-28)24-17-23(25-18-26-24)21-7-9-22(31-2)10-8-21/h3-11,16-18H,12-15H2,1-2H3/b16-11+. The van der Waals surface area contributed by atoms with Crippen molar-refractivity contribution in [2.75, 3.05) is 38.2 Å². The maximum Gasteiger partial charge on any atom is 0.236 e. The number of hydrogen-bond donors (Lipinski definition) is 0. The van der Waals surface area contributed by atoms with E-state index in [-0.39, 0.29) is 0 Å². The van der Waals surface area contributed by atoms with Crippen LogP contribution in [0.5, 0.6) is 5.75 Å². The van der Waals surface area contributed by atoms with Gasteiger partial charge in [0, 0.05) is 43.2 Å². The van der Waals surface area contributed by atoms with E-state index in [0.717, 1.165) is 34.0 Å². The lowest BCUT2D eigenvalue weighted by Crippen LogP contribution is -2.48. The third kappa shape index (κ3) is 5.15. The Kier molecular flexibility index (Phi) is 6.53. The lowest BCUT2D eigenvalue weighted by atomic mass is 10.1. The number of benzene rings is 2. The minimum Gasteiger partial charge on any atom is -0.497 e. The van der Waals surface area contributed by atoms with Crippen molar-refractivity contribution in [3.05, 3.63) is 77.5 Å². The molecule has 3 aromatic rings. The van der Waals surface area contributed by atoms with Crippen molar-refractivity contribution in [1.29, 1.82) is 0 Å². The highest BCUT2D eigenvalue weighted by molar-refractivity contribution is 7.92. The molecule has 2 aromatic carbocycles. The van der Waals surface area contributed by atoms with Gasteiger partial charge in [-0.05, 0) is 42.8 Å². The predicted octanol–water partition coefficient (Wildman–Crippen LogP) is 3.58. The zero-order chi connectivity index (χ0) is 22.6. The minimum absolute atomic E-state index is 0.405. The van der Waals surface area contributed by atoms with Crippen LogP contribution in [0.25, 0.3) is 17.3 Å². The van der Waals surface area contributed by atoms with Gasteiger partial charge in [-0.15, -0.1) is 0 Å². The minimum atomic E-state index is -3.47. The van der Waals surface area contributed by atoms with Gasteiger partial charge in [0.05, 0.1) is 12.8 Å². The third-order valence-corrected chi connectivity index (χ3v) is 7.04. The molecule has 32 heavy (non-hydrogen) atoms. The van der Waals surface area contributed by atoms with Crippen molar-refractivity contribution in [1.82, 2.24) is 14.3 Å². The van der Waals surface area contributed by atoms with Crippen LogP contribution >= 0.6 is 0 Å². The van der Waals surface area contributed by atoms with Crippen LogP contribution in [0.2, 0.25) is 0 Å². The van der Waals surface area contributed by atoms with Gasteiger partial charge in [0.15, 0.2) is 0 Å². The average Bonchev–Trinajstić information content (AvgIpc) is 2.84. The van der Waals surface area contributed by atoms with Crippen molar-refractivity contribution in [3.63, 3.8) is 0 Å². The van der Waals surface area contributed by atoms with Gasteiger partial charge in [0.1, 0.15) is 17.9 Å². The van der Waals surface area contributed by atoms with Gasteiger partial charge in [0.2, 0.25) is 10.0 Å². The lowest BCUT2D eigenvalue weighted by Gasteiger charge is -2.34. The SMILES string of the molecule is COc1ccc(-c2cc(N3CCN(S(=O)(=O)/C=C/c4ccc(C)cc4)CC3)ncn2)cc1. The number of piperazine rings is 1. The summed E-state index contributed by atoms with van der Waals surface area (Å²) in [5, 5.41) is 1.29. The van der Waals surface area contributed by atoms with Gasteiger partial charge in [0.25, 0.3) is 0 Å². The second kappa shape index (κ2) is 9.50. The summed E-state index contributed by atoms with van der Waals surface area (Å²) in [6.45, 7) is 3.94. The molecule has 0 amide bonds. The average molecular weight is 451 g/mol. The number of rotatable bonds is 6. The first-order valence-electron chi connectivity index (χ1n) is 10.4. The van der Waals surface area contributed by atoms with Gasteiger partial charge in [-0.3, -0.25) is 0 Å². The van der Waals surface area contributed by atoms with E-state index >= 15 is 0 Å². The van der Waals surface area contributed by atoms with Crippen LogP contribution in [0, 0.1) is 6.92 Å². The Morgan fingerprint density at radius 3 is 2.28 bits per heavy atom. The van der Waals surface area contributed by atoms with Crippen molar-refractivity contribution in [2.24, 2.45) is 0 Å². The van der Waals surface area contributed by atoms with Crippen LogP contribution < -0.4 is 9.64 Å². The van der Waals surface area contributed by atoms with Crippen LogP contribution in [0.4, 0.5) is 5.82 Å². The van der Waals surface area contributed by atoms with E-state index in [1.165, 1.54) is 9.71 Å². The summed E-state index contributed by atoms with van der Waals surface area (Å²) in [6, 6.07) is 17.4. The van der Waals surface area contributed by atoms with Crippen molar-refractivity contribution in [2.45, 2.75) is 6.92 Å². The maximum absolute atomic E-state index is 12.7. The molecule has 166 valence electrons. The molecule has 0 aliphatic carbocycles.